The molecule has 2 aliphatic heterocycles. The lowest BCUT2D eigenvalue weighted by Crippen LogP contribution is -2.30. The topological polar surface area (TPSA) is 127 Å². The summed E-state index contributed by atoms with van der Waals surface area (Å²) in [6.07, 6.45) is 0.781. The highest BCUT2D eigenvalue weighted by atomic mass is 16.6. The number of para-hydroxylation sites is 1. The van der Waals surface area contributed by atoms with Gasteiger partial charge < -0.3 is 9.64 Å². The van der Waals surface area contributed by atoms with Crippen LogP contribution < -0.4 is 14.5 Å². The van der Waals surface area contributed by atoms with Gasteiger partial charge in [-0.05, 0) is 54.8 Å². The van der Waals surface area contributed by atoms with Crippen LogP contribution in [0.4, 0.5) is 17.1 Å². The molecule has 192 valence electrons. The molecule has 2 heterocycles. The van der Waals surface area contributed by atoms with E-state index in [2.05, 4.69) is 0 Å². The number of aryl methyl sites for hydroxylation is 2. The minimum absolute atomic E-state index is 0.0295. The second kappa shape index (κ2) is 9.55. The monoisotopic (exact) mass is 513 g/mol. The van der Waals surface area contributed by atoms with Gasteiger partial charge in [-0.2, -0.15) is 0 Å². The molecule has 1 atom stereocenters. The number of amides is 3. The molecule has 3 aromatic rings. The van der Waals surface area contributed by atoms with Crippen molar-refractivity contribution in [3.05, 3.63) is 93.0 Å². The average Bonchev–Trinajstić information content (AvgIpc) is 3.41. The first-order valence-electron chi connectivity index (χ1n) is 12.1. The molecule has 10 heteroatoms. The van der Waals surface area contributed by atoms with E-state index < -0.39 is 34.3 Å². The number of ether oxygens (including phenoxy) is 1. The number of imide groups is 1. The number of nitrogens with zero attached hydrogens (tertiary/aromatic N) is 3. The fraction of sp³-hybridized carbons (Fsp3) is 0.214. The van der Waals surface area contributed by atoms with Crippen LogP contribution in [-0.2, 0) is 16.0 Å². The molecule has 3 aromatic carbocycles. The Kier molecular flexibility index (Phi) is 6.23. The predicted molar refractivity (Wildman–Crippen MR) is 137 cm³/mol. The Morgan fingerprint density at radius 2 is 1.79 bits per heavy atom. The molecule has 10 nitrogen and oxygen atoms in total. The number of esters is 1. The lowest BCUT2D eigenvalue weighted by molar-refractivity contribution is -0.385. The van der Waals surface area contributed by atoms with Crippen molar-refractivity contribution in [2.75, 3.05) is 16.3 Å². The van der Waals surface area contributed by atoms with Crippen LogP contribution in [-0.4, -0.2) is 35.2 Å². The van der Waals surface area contributed by atoms with Gasteiger partial charge in [0.15, 0.2) is 0 Å². The third-order valence-electron chi connectivity index (χ3n) is 6.84. The molecule has 5 rings (SSSR count). The summed E-state index contributed by atoms with van der Waals surface area (Å²) in [4.78, 5) is 64.8. The Balaban J connectivity index is 1.33. The number of anilines is 2. The highest BCUT2D eigenvalue weighted by Crippen LogP contribution is 2.36. The third kappa shape index (κ3) is 4.09. The van der Waals surface area contributed by atoms with E-state index in [9.17, 15) is 29.3 Å². The summed E-state index contributed by atoms with van der Waals surface area (Å²) in [5, 5.41) is 11.4. The number of fused-ring (bicyclic) bond motifs is 1. The average molecular weight is 514 g/mol. The fourth-order valence-corrected chi connectivity index (χ4v) is 4.95. The third-order valence-corrected chi connectivity index (χ3v) is 6.84. The Morgan fingerprint density at radius 1 is 1.03 bits per heavy atom. The van der Waals surface area contributed by atoms with E-state index in [4.69, 9.17) is 4.74 Å². The van der Waals surface area contributed by atoms with Crippen LogP contribution in [0.5, 0.6) is 5.75 Å². The Labute approximate surface area is 217 Å². The summed E-state index contributed by atoms with van der Waals surface area (Å²) in [6, 6.07) is 15.9. The van der Waals surface area contributed by atoms with Crippen LogP contribution >= 0.6 is 0 Å². The zero-order valence-electron chi connectivity index (χ0n) is 20.7. The van der Waals surface area contributed by atoms with Crippen LogP contribution in [0.25, 0.3) is 0 Å². The first-order valence-corrected chi connectivity index (χ1v) is 12.1. The van der Waals surface area contributed by atoms with Crippen molar-refractivity contribution < 1.29 is 28.8 Å². The van der Waals surface area contributed by atoms with E-state index in [1.807, 2.05) is 31.2 Å². The number of hydrogen-bond acceptors (Lipinski definition) is 7. The molecule has 0 aliphatic carbocycles. The first kappa shape index (κ1) is 24.8. The van der Waals surface area contributed by atoms with Crippen molar-refractivity contribution in [1.29, 1.82) is 0 Å². The summed E-state index contributed by atoms with van der Waals surface area (Å²) >= 11 is 0. The van der Waals surface area contributed by atoms with Crippen molar-refractivity contribution in [2.24, 2.45) is 5.92 Å². The predicted octanol–water partition coefficient (Wildman–Crippen LogP) is 4.22. The zero-order valence-corrected chi connectivity index (χ0v) is 20.7. The van der Waals surface area contributed by atoms with Gasteiger partial charge in [-0.15, -0.1) is 0 Å². The summed E-state index contributed by atoms with van der Waals surface area (Å²) in [7, 11) is 0. The number of nitro benzene ring substituents is 1. The zero-order chi connectivity index (χ0) is 27.1. The second-order valence-corrected chi connectivity index (χ2v) is 9.16. The van der Waals surface area contributed by atoms with Gasteiger partial charge >= 0.3 is 5.97 Å². The molecule has 3 amide bonds. The molecule has 0 spiro atoms. The molecule has 0 unspecified atom stereocenters. The van der Waals surface area contributed by atoms with Crippen LogP contribution in [0.1, 0.15) is 45.2 Å². The lowest BCUT2D eigenvalue weighted by Gasteiger charge is -2.20. The molecule has 0 radical (unpaired) electrons. The Bertz CT molecular complexity index is 1530. The molecular weight excluding hydrogens is 490 g/mol. The quantitative estimate of drug-likeness (QED) is 0.159. The minimum atomic E-state index is -0.790. The maximum atomic E-state index is 13.0. The van der Waals surface area contributed by atoms with Crippen LogP contribution in [0.15, 0.2) is 60.7 Å². The summed E-state index contributed by atoms with van der Waals surface area (Å²) < 4.78 is 5.56. The van der Waals surface area contributed by atoms with Gasteiger partial charge in [-0.25, -0.2) is 4.90 Å². The van der Waals surface area contributed by atoms with Gasteiger partial charge in [0, 0.05) is 24.7 Å². The van der Waals surface area contributed by atoms with Crippen molar-refractivity contribution >= 4 is 40.8 Å². The summed E-state index contributed by atoms with van der Waals surface area (Å²) in [6.45, 7) is 3.84. The van der Waals surface area contributed by atoms with Crippen LogP contribution in [0.2, 0.25) is 0 Å². The van der Waals surface area contributed by atoms with Gasteiger partial charge in [0.1, 0.15) is 11.3 Å². The number of hydrogen-bond donors (Lipinski definition) is 0. The van der Waals surface area contributed by atoms with Crippen LogP contribution in [0, 0.1) is 23.0 Å². The van der Waals surface area contributed by atoms with Crippen molar-refractivity contribution in [2.45, 2.75) is 26.7 Å². The van der Waals surface area contributed by atoms with E-state index in [1.54, 1.807) is 11.8 Å². The summed E-state index contributed by atoms with van der Waals surface area (Å²) in [5.41, 5.74) is 1.75. The largest absolute Gasteiger partial charge is 0.426 e. The standard InChI is InChI=1S/C28H23N3O7/c1-3-17-7-4-5-9-22(17)29-15-18(14-24(29)32)28(35)38-19-11-12-21(16(2)13-19)30-26(33)20-8-6-10-23(31(36)37)25(20)27(30)34/h4-13,18H,3,14-15H2,1-2H3/t18-/m1/s1. The summed E-state index contributed by atoms with van der Waals surface area (Å²) in [5.74, 6) is -2.62. The lowest BCUT2D eigenvalue weighted by atomic mass is 10.1. The molecule has 38 heavy (non-hydrogen) atoms. The molecule has 2 aliphatic rings. The maximum absolute atomic E-state index is 13.0. The Morgan fingerprint density at radius 3 is 2.50 bits per heavy atom. The van der Waals surface area contributed by atoms with Gasteiger partial charge in [0.25, 0.3) is 17.5 Å². The SMILES string of the molecule is CCc1ccccc1N1C[C@H](C(=O)Oc2ccc(N3C(=O)c4cccc([N+](=O)[O-])c4C3=O)c(C)c2)CC1=O. The van der Waals surface area contributed by atoms with E-state index in [0.717, 1.165) is 22.6 Å². The molecule has 1 fully saturated rings. The number of benzene rings is 3. The normalized spacial score (nSPS) is 16.7. The van der Waals surface area contributed by atoms with Crippen molar-refractivity contribution in [3.8, 4) is 5.75 Å². The van der Waals surface area contributed by atoms with E-state index in [0.29, 0.717) is 5.56 Å². The maximum Gasteiger partial charge on any atom is 0.316 e. The van der Waals surface area contributed by atoms with E-state index in [1.165, 1.54) is 36.4 Å². The fourth-order valence-electron chi connectivity index (χ4n) is 4.95. The molecule has 1 saturated heterocycles. The first-order chi connectivity index (χ1) is 18.2. The van der Waals surface area contributed by atoms with Crippen molar-refractivity contribution in [3.63, 3.8) is 0 Å². The smallest absolute Gasteiger partial charge is 0.316 e. The molecular formula is C28H23N3O7. The van der Waals surface area contributed by atoms with Gasteiger partial charge in [-0.1, -0.05) is 31.2 Å². The van der Waals surface area contributed by atoms with Gasteiger partial charge in [-0.3, -0.25) is 29.3 Å². The van der Waals surface area contributed by atoms with Gasteiger partial charge in [0.05, 0.1) is 22.1 Å². The number of rotatable bonds is 6. The van der Waals surface area contributed by atoms with Crippen molar-refractivity contribution in [1.82, 2.24) is 0 Å². The van der Waals surface area contributed by atoms with E-state index >= 15 is 0 Å². The molecule has 0 aromatic heterocycles. The Hall–Kier alpha value is -4.86. The number of carbonyl (C=O) groups is 4. The van der Waals surface area contributed by atoms with E-state index in [-0.39, 0.29) is 41.4 Å². The second-order valence-electron chi connectivity index (χ2n) is 9.16. The molecule has 0 saturated carbocycles. The van der Waals surface area contributed by atoms with Crippen LogP contribution in [0.3, 0.4) is 0 Å². The highest BCUT2D eigenvalue weighted by molar-refractivity contribution is 6.35. The number of nitro groups is 1. The highest BCUT2D eigenvalue weighted by Gasteiger charge is 2.42. The minimum Gasteiger partial charge on any atom is -0.426 e. The van der Waals surface area contributed by atoms with Gasteiger partial charge in [0.2, 0.25) is 5.91 Å². The number of carbonyl (C=O) groups excluding carboxylic acids is 4. The molecule has 0 bridgehead atoms. The molecule has 0 N–H and O–H groups in total.